The van der Waals surface area contributed by atoms with Gasteiger partial charge in [0.2, 0.25) is 5.91 Å². The van der Waals surface area contributed by atoms with Crippen LogP contribution in [-0.2, 0) is 16.0 Å². The normalized spacial score (nSPS) is 27.9. The van der Waals surface area contributed by atoms with Crippen LogP contribution in [0.25, 0.3) is 0 Å². The SMILES string of the molecule is CC(C)(C)Cc1cc(N(C(=O)[C@H]2CC[C@H](C)CC2)C2CCC(NC(=O)O[C@@H]3CCCNC3)CC2)c(C(=O)O)s1. The van der Waals surface area contributed by atoms with E-state index in [1.807, 2.05) is 11.0 Å². The van der Waals surface area contributed by atoms with Gasteiger partial charge in [-0.05, 0) is 94.6 Å². The maximum Gasteiger partial charge on any atom is 0.407 e. The third-order valence-corrected chi connectivity index (χ3v) is 9.55. The molecule has 1 saturated heterocycles. The first kappa shape index (κ1) is 29.8. The zero-order valence-electron chi connectivity index (χ0n) is 24.1. The smallest absolute Gasteiger partial charge is 0.407 e. The molecule has 0 aromatic carbocycles. The fourth-order valence-corrected chi connectivity index (χ4v) is 7.61. The molecule has 2 heterocycles. The molecule has 0 unspecified atom stereocenters. The summed E-state index contributed by atoms with van der Waals surface area (Å²) in [4.78, 5) is 42.1. The van der Waals surface area contributed by atoms with Crippen molar-refractivity contribution in [1.29, 1.82) is 0 Å². The Morgan fingerprint density at radius 3 is 2.36 bits per heavy atom. The number of ether oxygens (including phenoxy) is 1. The maximum atomic E-state index is 14.1. The number of carboxylic acid groups (broad SMARTS) is 1. The lowest BCUT2D eigenvalue weighted by molar-refractivity contribution is -0.124. The molecule has 3 fully saturated rings. The number of alkyl carbamates (subject to hydrolysis) is 1. The number of hydrogen-bond acceptors (Lipinski definition) is 6. The molecule has 1 aromatic heterocycles. The molecular weight excluding hydrogens is 514 g/mol. The summed E-state index contributed by atoms with van der Waals surface area (Å²) in [7, 11) is 0. The molecular formula is C30H47N3O5S. The average molecular weight is 562 g/mol. The van der Waals surface area contributed by atoms with Crippen LogP contribution in [0.2, 0.25) is 0 Å². The lowest BCUT2D eigenvalue weighted by atomic mass is 9.81. The van der Waals surface area contributed by atoms with Crippen LogP contribution in [0, 0.1) is 17.3 Å². The Balaban J connectivity index is 1.49. The van der Waals surface area contributed by atoms with Crippen LogP contribution in [0.1, 0.15) is 106 Å². The highest BCUT2D eigenvalue weighted by atomic mass is 32.1. The first-order valence-electron chi connectivity index (χ1n) is 14.9. The van der Waals surface area contributed by atoms with Gasteiger partial charge in [0.05, 0.1) is 5.69 Å². The van der Waals surface area contributed by atoms with E-state index >= 15 is 0 Å². The lowest BCUT2D eigenvalue weighted by Gasteiger charge is -2.39. The van der Waals surface area contributed by atoms with Crippen LogP contribution in [0.5, 0.6) is 0 Å². The van der Waals surface area contributed by atoms with Crippen LogP contribution in [-0.4, -0.2) is 54.4 Å². The molecule has 3 N–H and O–H groups in total. The molecule has 0 radical (unpaired) electrons. The molecule has 1 atom stereocenters. The Kier molecular flexibility index (Phi) is 9.97. The van der Waals surface area contributed by atoms with Gasteiger partial charge in [-0.1, -0.05) is 27.7 Å². The van der Waals surface area contributed by atoms with Gasteiger partial charge in [0.1, 0.15) is 11.0 Å². The van der Waals surface area contributed by atoms with E-state index < -0.39 is 5.97 Å². The Morgan fingerprint density at radius 2 is 1.77 bits per heavy atom. The molecule has 0 spiro atoms. The highest BCUT2D eigenvalue weighted by Gasteiger charge is 2.38. The van der Waals surface area contributed by atoms with Gasteiger partial charge in [-0.3, -0.25) is 4.79 Å². The molecule has 39 heavy (non-hydrogen) atoms. The van der Waals surface area contributed by atoms with Crippen molar-refractivity contribution in [3.63, 3.8) is 0 Å². The van der Waals surface area contributed by atoms with Crippen LogP contribution < -0.4 is 15.5 Å². The van der Waals surface area contributed by atoms with Gasteiger partial charge in [0.15, 0.2) is 0 Å². The van der Waals surface area contributed by atoms with Crippen molar-refractivity contribution in [3.8, 4) is 0 Å². The third kappa shape index (κ3) is 8.19. The monoisotopic (exact) mass is 561 g/mol. The standard InChI is InChI=1S/C30H47N3O5S/c1-19-7-9-20(10-8-19)27(34)33(25-16-24(17-30(2,3)4)39-26(25)28(35)36)22-13-11-21(12-14-22)32-29(37)38-23-6-5-15-31-18-23/h16,19-23,31H,5-15,17-18H2,1-4H3,(H,32,37)(H,35,36)/t19-,20-,21?,22?,23-/m1/s1. The molecule has 4 rings (SSSR count). The van der Waals surface area contributed by atoms with E-state index in [1.165, 1.54) is 11.3 Å². The minimum atomic E-state index is -0.972. The van der Waals surface area contributed by atoms with Gasteiger partial charge in [0, 0.05) is 29.4 Å². The molecule has 2 saturated carbocycles. The van der Waals surface area contributed by atoms with Crippen LogP contribution in [0.4, 0.5) is 10.5 Å². The molecule has 1 aliphatic heterocycles. The van der Waals surface area contributed by atoms with Gasteiger partial charge in [0.25, 0.3) is 0 Å². The topological polar surface area (TPSA) is 108 Å². The van der Waals surface area contributed by atoms with Crippen LogP contribution >= 0.6 is 11.3 Å². The van der Waals surface area contributed by atoms with E-state index in [0.717, 1.165) is 69.2 Å². The number of nitrogens with zero attached hydrogens (tertiary/aromatic N) is 1. The predicted molar refractivity (Wildman–Crippen MR) is 155 cm³/mol. The van der Waals surface area contributed by atoms with Crippen molar-refractivity contribution in [1.82, 2.24) is 10.6 Å². The van der Waals surface area contributed by atoms with Crippen molar-refractivity contribution >= 4 is 35.0 Å². The fourth-order valence-electron chi connectivity index (χ4n) is 6.32. The Hall–Kier alpha value is -2.13. The number of carbonyl (C=O) groups is 3. The van der Waals surface area contributed by atoms with Crippen LogP contribution in [0.15, 0.2) is 6.07 Å². The highest BCUT2D eigenvalue weighted by molar-refractivity contribution is 7.14. The summed E-state index contributed by atoms with van der Waals surface area (Å²) in [5.74, 6) is -0.336. The fraction of sp³-hybridized carbons (Fsp3) is 0.767. The van der Waals surface area contributed by atoms with Gasteiger partial charge >= 0.3 is 12.1 Å². The van der Waals surface area contributed by atoms with E-state index in [9.17, 15) is 19.5 Å². The van der Waals surface area contributed by atoms with E-state index in [1.54, 1.807) is 0 Å². The maximum absolute atomic E-state index is 14.1. The zero-order chi connectivity index (χ0) is 28.2. The summed E-state index contributed by atoms with van der Waals surface area (Å²) in [5.41, 5.74) is 0.578. The number of rotatable bonds is 7. The Morgan fingerprint density at radius 1 is 1.08 bits per heavy atom. The van der Waals surface area contributed by atoms with Crippen molar-refractivity contribution < 1.29 is 24.2 Å². The molecule has 3 aliphatic rings. The number of anilines is 1. The second-order valence-electron chi connectivity index (χ2n) is 13.2. The van der Waals surface area contributed by atoms with Crippen molar-refractivity contribution in [3.05, 3.63) is 15.8 Å². The molecule has 0 bridgehead atoms. The first-order chi connectivity index (χ1) is 18.5. The van der Waals surface area contributed by atoms with Gasteiger partial charge in [-0.2, -0.15) is 0 Å². The Labute approximate surface area is 237 Å². The minimum absolute atomic E-state index is 0.00403. The molecule has 9 heteroatoms. The molecule has 2 aliphatic carbocycles. The van der Waals surface area contributed by atoms with Gasteiger partial charge in [-0.15, -0.1) is 11.3 Å². The van der Waals surface area contributed by atoms with E-state index in [0.29, 0.717) is 31.0 Å². The van der Waals surface area contributed by atoms with Crippen molar-refractivity contribution in [2.24, 2.45) is 17.3 Å². The summed E-state index contributed by atoms with van der Waals surface area (Å²) in [6, 6.07) is 1.88. The van der Waals surface area contributed by atoms with Gasteiger partial charge < -0.3 is 25.4 Å². The predicted octanol–water partition coefficient (Wildman–Crippen LogP) is 5.98. The lowest BCUT2D eigenvalue weighted by Crippen LogP contribution is -2.49. The second-order valence-corrected chi connectivity index (χ2v) is 14.3. The van der Waals surface area contributed by atoms with E-state index in [2.05, 4.69) is 38.3 Å². The number of piperidine rings is 1. The number of carbonyl (C=O) groups excluding carboxylic acids is 2. The summed E-state index contributed by atoms with van der Waals surface area (Å²) >= 11 is 1.30. The third-order valence-electron chi connectivity index (χ3n) is 8.43. The van der Waals surface area contributed by atoms with E-state index in [4.69, 9.17) is 4.74 Å². The number of nitrogens with one attached hydrogen (secondary N) is 2. The number of carboxylic acids is 1. The molecule has 218 valence electrons. The van der Waals surface area contributed by atoms with Crippen molar-refractivity contribution in [2.45, 2.75) is 117 Å². The number of amides is 2. The highest BCUT2D eigenvalue weighted by Crippen LogP contribution is 2.40. The minimum Gasteiger partial charge on any atom is -0.477 e. The average Bonchev–Trinajstić information content (AvgIpc) is 3.28. The summed E-state index contributed by atoms with van der Waals surface area (Å²) in [6.45, 7) is 10.3. The summed E-state index contributed by atoms with van der Waals surface area (Å²) in [5, 5.41) is 16.4. The van der Waals surface area contributed by atoms with Gasteiger partial charge in [-0.25, -0.2) is 9.59 Å². The number of aromatic carboxylic acids is 1. The second kappa shape index (κ2) is 13.0. The van der Waals surface area contributed by atoms with Crippen LogP contribution in [0.3, 0.4) is 0 Å². The quantitative estimate of drug-likeness (QED) is 0.378. The largest absolute Gasteiger partial charge is 0.477 e. The number of hydrogen-bond donors (Lipinski definition) is 3. The zero-order valence-corrected chi connectivity index (χ0v) is 24.9. The van der Waals surface area contributed by atoms with E-state index in [-0.39, 0.29) is 46.4 Å². The van der Waals surface area contributed by atoms with Crippen molar-refractivity contribution in [2.75, 3.05) is 18.0 Å². The first-order valence-corrected chi connectivity index (χ1v) is 15.7. The summed E-state index contributed by atoms with van der Waals surface area (Å²) < 4.78 is 5.61. The molecule has 8 nitrogen and oxygen atoms in total. The number of thiophene rings is 1. The molecule has 1 aromatic rings. The molecule has 2 amide bonds. The Bertz CT molecular complexity index is 997. The summed E-state index contributed by atoms with van der Waals surface area (Å²) in [6.07, 6.45) is 8.87.